The molecule has 1 heterocycles. The van der Waals surface area contributed by atoms with Crippen LogP contribution in [0, 0.1) is 5.82 Å². The number of hydrogen-bond donors (Lipinski definition) is 2. The minimum Gasteiger partial charge on any atom is -0.481 e. The van der Waals surface area contributed by atoms with Crippen LogP contribution in [0.15, 0.2) is 53.1 Å². The van der Waals surface area contributed by atoms with Gasteiger partial charge in [0.15, 0.2) is 0 Å². The molecule has 11 heteroatoms. The fourth-order valence-corrected chi connectivity index (χ4v) is 2.93. The van der Waals surface area contributed by atoms with Gasteiger partial charge in [-0.15, -0.1) is 0 Å². The van der Waals surface area contributed by atoms with E-state index in [1.807, 2.05) is 0 Å². The van der Waals surface area contributed by atoms with Crippen LogP contribution in [0.3, 0.4) is 0 Å². The molecule has 0 unspecified atom stereocenters. The molecule has 0 spiro atoms. The van der Waals surface area contributed by atoms with Gasteiger partial charge in [0.2, 0.25) is 17.6 Å². The van der Waals surface area contributed by atoms with E-state index in [2.05, 4.69) is 15.5 Å². The monoisotopic (exact) mass is 451 g/mol. The van der Waals surface area contributed by atoms with Crippen LogP contribution in [0.25, 0.3) is 11.4 Å². The van der Waals surface area contributed by atoms with E-state index in [4.69, 9.17) is 9.63 Å². The third-order valence-electron chi connectivity index (χ3n) is 4.50. The zero-order valence-corrected chi connectivity index (χ0v) is 16.4. The van der Waals surface area contributed by atoms with Gasteiger partial charge >= 0.3 is 12.1 Å². The Morgan fingerprint density at radius 1 is 1.09 bits per heavy atom. The first-order chi connectivity index (χ1) is 15.1. The van der Waals surface area contributed by atoms with Gasteiger partial charge in [0.1, 0.15) is 5.82 Å². The van der Waals surface area contributed by atoms with Crippen molar-refractivity contribution in [1.82, 2.24) is 15.5 Å². The van der Waals surface area contributed by atoms with Crippen LogP contribution in [0.4, 0.5) is 17.6 Å². The van der Waals surface area contributed by atoms with Crippen LogP contribution in [-0.2, 0) is 22.2 Å². The van der Waals surface area contributed by atoms with Crippen molar-refractivity contribution in [3.8, 4) is 11.4 Å². The van der Waals surface area contributed by atoms with Crippen LogP contribution in [0.5, 0.6) is 0 Å². The average Bonchev–Trinajstić information content (AvgIpc) is 3.20. The van der Waals surface area contributed by atoms with Gasteiger partial charge in [-0.2, -0.15) is 18.2 Å². The van der Waals surface area contributed by atoms with E-state index >= 15 is 0 Å². The second-order valence-electron chi connectivity index (χ2n) is 6.83. The number of nitrogens with one attached hydrogen (secondary N) is 1. The number of hydrogen-bond acceptors (Lipinski definition) is 5. The number of alkyl halides is 3. The number of benzene rings is 2. The predicted molar refractivity (Wildman–Crippen MR) is 103 cm³/mol. The van der Waals surface area contributed by atoms with E-state index in [9.17, 15) is 27.2 Å². The highest BCUT2D eigenvalue weighted by Gasteiger charge is 2.30. The number of carbonyl (C=O) groups excluding carboxylic acids is 1. The largest absolute Gasteiger partial charge is 0.481 e. The number of aromatic nitrogens is 2. The minimum absolute atomic E-state index is 0.0000882. The Labute approximate surface area is 179 Å². The highest BCUT2D eigenvalue weighted by atomic mass is 19.4. The maximum absolute atomic E-state index is 13.8. The molecule has 0 aliphatic heterocycles. The van der Waals surface area contributed by atoms with E-state index in [1.165, 1.54) is 18.2 Å². The maximum atomic E-state index is 13.8. The molecule has 1 aromatic heterocycles. The molecular weight excluding hydrogens is 434 g/mol. The van der Waals surface area contributed by atoms with E-state index < -0.39 is 41.9 Å². The Morgan fingerprint density at radius 3 is 2.41 bits per heavy atom. The Balaban J connectivity index is 1.63. The third kappa shape index (κ3) is 5.90. The average molecular weight is 451 g/mol. The topological polar surface area (TPSA) is 105 Å². The summed E-state index contributed by atoms with van der Waals surface area (Å²) in [5.41, 5.74) is -0.534. The lowest BCUT2D eigenvalue weighted by molar-refractivity contribution is -0.139. The Bertz CT molecular complexity index is 1100. The van der Waals surface area contributed by atoms with Gasteiger partial charge in [0.25, 0.3) is 0 Å². The number of halogens is 4. The number of aliphatic carboxylic acids is 1. The zero-order chi connectivity index (χ0) is 23.3. The summed E-state index contributed by atoms with van der Waals surface area (Å²) in [5.74, 6) is -2.25. The van der Waals surface area contributed by atoms with Crippen molar-refractivity contribution in [3.05, 3.63) is 71.4 Å². The van der Waals surface area contributed by atoms with Gasteiger partial charge in [-0.25, -0.2) is 4.39 Å². The van der Waals surface area contributed by atoms with Crippen LogP contribution < -0.4 is 5.32 Å². The van der Waals surface area contributed by atoms with Crippen LogP contribution >= 0.6 is 0 Å². The minimum atomic E-state index is -4.53. The number of rotatable bonds is 8. The van der Waals surface area contributed by atoms with Crippen molar-refractivity contribution in [3.63, 3.8) is 0 Å². The van der Waals surface area contributed by atoms with E-state index in [-0.39, 0.29) is 35.7 Å². The molecule has 0 saturated heterocycles. The SMILES string of the molecule is O=C(O)C[C@H](NC(=O)CCc1nc(-c2ccccc2F)no1)c1ccc(C(F)(F)F)cc1. The number of carboxylic acid groups (broad SMARTS) is 1. The lowest BCUT2D eigenvalue weighted by Crippen LogP contribution is -2.30. The number of aryl methyl sites for hydroxylation is 1. The van der Waals surface area contributed by atoms with Crippen LogP contribution in [-0.4, -0.2) is 27.1 Å². The molecule has 0 saturated carbocycles. The standard InChI is InChI=1S/C21H17F4N3O4/c22-15-4-2-1-3-14(15)20-27-18(32-28-20)10-9-17(29)26-16(11-19(30)31)12-5-7-13(8-6-12)21(23,24)25/h1-8,16H,9-11H2,(H,26,29)(H,30,31)/t16-/m0/s1. The molecule has 2 aromatic carbocycles. The second-order valence-corrected chi connectivity index (χ2v) is 6.83. The number of carbonyl (C=O) groups is 2. The normalized spacial score (nSPS) is 12.4. The smallest absolute Gasteiger partial charge is 0.416 e. The first kappa shape index (κ1) is 22.9. The first-order valence-electron chi connectivity index (χ1n) is 9.39. The number of amides is 1. The molecule has 0 bridgehead atoms. The van der Waals surface area contributed by atoms with E-state index in [0.717, 1.165) is 24.3 Å². The highest BCUT2D eigenvalue weighted by Crippen LogP contribution is 2.30. The summed E-state index contributed by atoms with van der Waals surface area (Å²) >= 11 is 0. The molecular formula is C21H17F4N3O4. The summed E-state index contributed by atoms with van der Waals surface area (Å²) in [7, 11) is 0. The summed E-state index contributed by atoms with van der Waals surface area (Å²) < 4.78 is 57.0. The molecule has 0 radical (unpaired) electrons. The van der Waals surface area contributed by atoms with E-state index in [0.29, 0.717) is 0 Å². The molecule has 168 valence electrons. The summed E-state index contributed by atoms with van der Waals surface area (Å²) in [6, 6.07) is 8.67. The quantitative estimate of drug-likeness (QED) is 0.499. The third-order valence-corrected chi connectivity index (χ3v) is 4.50. The summed E-state index contributed by atoms with van der Waals surface area (Å²) in [6.45, 7) is 0. The van der Waals surface area contributed by atoms with Crippen molar-refractivity contribution < 1.29 is 36.8 Å². The Kier molecular flexibility index (Phi) is 6.86. The second kappa shape index (κ2) is 9.58. The summed E-state index contributed by atoms with van der Waals surface area (Å²) in [6.07, 6.45) is -5.21. The fourth-order valence-electron chi connectivity index (χ4n) is 2.93. The van der Waals surface area contributed by atoms with Crippen molar-refractivity contribution in [2.45, 2.75) is 31.5 Å². The van der Waals surface area contributed by atoms with Gasteiger partial charge < -0.3 is 14.9 Å². The lowest BCUT2D eigenvalue weighted by atomic mass is 10.0. The molecule has 2 N–H and O–H groups in total. The molecule has 3 rings (SSSR count). The zero-order valence-electron chi connectivity index (χ0n) is 16.4. The molecule has 0 aliphatic rings. The Hall–Kier alpha value is -3.76. The van der Waals surface area contributed by atoms with Crippen molar-refractivity contribution in [2.75, 3.05) is 0 Å². The van der Waals surface area contributed by atoms with Crippen molar-refractivity contribution >= 4 is 11.9 Å². The van der Waals surface area contributed by atoms with Crippen molar-refractivity contribution in [2.24, 2.45) is 0 Å². The molecule has 0 aliphatic carbocycles. The van der Waals surface area contributed by atoms with E-state index in [1.54, 1.807) is 6.07 Å². The maximum Gasteiger partial charge on any atom is 0.416 e. The number of carboxylic acids is 1. The molecule has 1 amide bonds. The van der Waals surface area contributed by atoms with Gasteiger partial charge in [0.05, 0.1) is 23.6 Å². The summed E-state index contributed by atoms with van der Waals surface area (Å²) in [5, 5.41) is 15.3. The molecule has 1 atom stereocenters. The van der Waals surface area contributed by atoms with Gasteiger partial charge in [-0.3, -0.25) is 9.59 Å². The molecule has 3 aromatic rings. The number of nitrogens with zero attached hydrogens (tertiary/aromatic N) is 2. The molecule has 7 nitrogen and oxygen atoms in total. The molecule has 0 fully saturated rings. The first-order valence-corrected chi connectivity index (χ1v) is 9.39. The van der Waals surface area contributed by atoms with Crippen LogP contribution in [0.1, 0.15) is 35.9 Å². The molecule has 32 heavy (non-hydrogen) atoms. The lowest BCUT2D eigenvalue weighted by Gasteiger charge is -2.18. The van der Waals surface area contributed by atoms with Gasteiger partial charge in [-0.1, -0.05) is 29.4 Å². The fraction of sp³-hybridized carbons (Fsp3) is 0.238. The van der Waals surface area contributed by atoms with Crippen molar-refractivity contribution in [1.29, 1.82) is 0 Å². The summed E-state index contributed by atoms with van der Waals surface area (Å²) in [4.78, 5) is 27.5. The van der Waals surface area contributed by atoms with Gasteiger partial charge in [0, 0.05) is 12.8 Å². The predicted octanol–water partition coefficient (Wildman–Crippen LogP) is 4.16. The highest BCUT2D eigenvalue weighted by molar-refractivity contribution is 5.78. The van der Waals surface area contributed by atoms with Crippen LogP contribution in [0.2, 0.25) is 0 Å². The Morgan fingerprint density at radius 2 is 1.78 bits per heavy atom. The van der Waals surface area contributed by atoms with Gasteiger partial charge in [-0.05, 0) is 29.8 Å².